The lowest BCUT2D eigenvalue weighted by Gasteiger charge is -2.18. The fourth-order valence-electron chi connectivity index (χ4n) is 2.21. The van der Waals surface area contributed by atoms with Crippen molar-refractivity contribution in [3.63, 3.8) is 0 Å². The molecule has 1 amide bonds. The number of hydrogen-bond donors (Lipinski definition) is 2. The number of carbonyl (C=O) groups is 2. The van der Waals surface area contributed by atoms with Gasteiger partial charge < -0.3 is 10.4 Å². The Morgan fingerprint density at radius 1 is 1.20 bits per heavy atom. The number of nitrogens with one attached hydrogen (secondary N) is 1. The molecule has 0 fully saturated rings. The number of carboxylic acids is 1. The second-order valence-electron chi connectivity index (χ2n) is 5.85. The maximum absolute atomic E-state index is 13.0. The van der Waals surface area contributed by atoms with E-state index in [2.05, 4.69) is 10.4 Å². The van der Waals surface area contributed by atoms with Crippen LogP contribution in [0.2, 0.25) is 0 Å². The summed E-state index contributed by atoms with van der Waals surface area (Å²) < 4.78 is 13.9. The number of aliphatic carboxylic acids is 1. The molecular formula is C17H18FN3O4. The standard InChI is InChI=1S/C17H18FN3O4/c1-10(2)16(17(24)25)19-14(22)9-21-15(23)8-7-13(20-21)11-3-5-12(18)6-4-11/h3-8,10,16H,9H2,1-2H3,(H,19,22)(H,24,25)/t16-/m1/s1. The van der Waals surface area contributed by atoms with Gasteiger partial charge in [-0.05, 0) is 36.2 Å². The van der Waals surface area contributed by atoms with Crippen molar-refractivity contribution >= 4 is 11.9 Å². The number of halogens is 1. The molecule has 7 nitrogen and oxygen atoms in total. The molecule has 0 bridgehead atoms. The zero-order valence-corrected chi connectivity index (χ0v) is 13.8. The SMILES string of the molecule is CC(C)[C@@H](NC(=O)Cn1nc(-c2ccc(F)cc2)ccc1=O)C(=O)O. The van der Waals surface area contributed by atoms with E-state index in [1.54, 1.807) is 13.8 Å². The number of nitrogens with zero attached hydrogens (tertiary/aromatic N) is 2. The summed E-state index contributed by atoms with van der Waals surface area (Å²) in [6.45, 7) is 2.92. The van der Waals surface area contributed by atoms with Crippen LogP contribution in [0.4, 0.5) is 4.39 Å². The van der Waals surface area contributed by atoms with Crippen LogP contribution >= 0.6 is 0 Å². The average Bonchev–Trinajstić information content (AvgIpc) is 2.55. The Morgan fingerprint density at radius 3 is 2.40 bits per heavy atom. The summed E-state index contributed by atoms with van der Waals surface area (Å²) in [5, 5.41) is 15.6. The number of rotatable bonds is 6. The predicted octanol–water partition coefficient (Wildman–Crippen LogP) is 1.27. The topological polar surface area (TPSA) is 101 Å². The van der Waals surface area contributed by atoms with Crippen molar-refractivity contribution in [2.24, 2.45) is 5.92 Å². The lowest BCUT2D eigenvalue weighted by Crippen LogP contribution is -2.46. The van der Waals surface area contributed by atoms with Crippen molar-refractivity contribution in [3.8, 4) is 11.3 Å². The molecule has 0 aliphatic heterocycles. The van der Waals surface area contributed by atoms with Gasteiger partial charge >= 0.3 is 5.97 Å². The molecule has 2 N–H and O–H groups in total. The fourth-order valence-corrected chi connectivity index (χ4v) is 2.21. The van der Waals surface area contributed by atoms with Gasteiger partial charge in [-0.1, -0.05) is 13.8 Å². The van der Waals surface area contributed by atoms with E-state index in [-0.39, 0.29) is 5.92 Å². The highest BCUT2D eigenvalue weighted by atomic mass is 19.1. The Morgan fingerprint density at radius 2 is 1.84 bits per heavy atom. The Bertz CT molecular complexity index is 831. The third-order valence-electron chi connectivity index (χ3n) is 3.55. The van der Waals surface area contributed by atoms with Gasteiger partial charge in [0.15, 0.2) is 0 Å². The monoisotopic (exact) mass is 347 g/mol. The van der Waals surface area contributed by atoms with Crippen LogP contribution in [0, 0.1) is 11.7 Å². The van der Waals surface area contributed by atoms with Crippen LogP contribution in [0.15, 0.2) is 41.2 Å². The van der Waals surface area contributed by atoms with E-state index in [1.165, 1.54) is 36.4 Å². The molecule has 0 radical (unpaired) electrons. The minimum Gasteiger partial charge on any atom is -0.480 e. The minimum absolute atomic E-state index is 0.309. The van der Waals surface area contributed by atoms with Gasteiger partial charge in [0.25, 0.3) is 5.56 Å². The molecule has 1 aromatic heterocycles. The van der Waals surface area contributed by atoms with Crippen LogP contribution in [0.1, 0.15) is 13.8 Å². The van der Waals surface area contributed by atoms with Gasteiger partial charge in [-0.2, -0.15) is 5.10 Å². The molecule has 8 heteroatoms. The van der Waals surface area contributed by atoms with Crippen molar-refractivity contribution in [1.82, 2.24) is 15.1 Å². The van der Waals surface area contributed by atoms with E-state index >= 15 is 0 Å². The van der Waals surface area contributed by atoms with Gasteiger partial charge in [0.1, 0.15) is 18.4 Å². The lowest BCUT2D eigenvalue weighted by molar-refractivity contribution is -0.143. The van der Waals surface area contributed by atoms with Crippen LogP contribution in [0.25, 0.3) is 11.3 Å². The van der Waals surface area contributed by atoms with E-state index in [0.717, 1.165) is 4.68 Å². The molecule has 1 heterocycles. The molecule has 25 heavy (non-hydrogen) atoms. The summed E-state index contributed by atoms with van der Waals surface area (Å²) in [6, 6.07) is 7.20. The highest BCUT2D eigenvalue weighted by Crippen LogP contribution is 2.15. The quantitative estimate of drug-likeness (QED) is 0.820. The molecular weight excluding hydrogens is 329 g/mol. The second kappa shape index (κ2) is 7.69. The number of benzene rings is 1. The van der Waals surface area contributed by atoms with Gasteiger partial charge in [0, 0.05) is 11.6 Å². The first-order valence-corrected chi connectivity index (χ1v) is 7.64. The van der Waals surface area contributed by atoms with Crippen LogP contribution in [0.3, 0.4) is 0 Å². The molecule has 2 rings (SSSR count). The van der Waals surface area contributed by atoms with Crippen molar-refractivity contribution < 1.29 is 19.1 Å². The Labute approximate surface area is 143 Å². The molecule has 0 saturated carbocycles. The molecule has 1 aromatic carbocycles. The Hall–Kier alpha value is -3.03. The van der Waals surface area contributed by atoms with Crippen LogP contribution in [-0.4, -0.2) is 32.8 Å². The van der Waals surface area contributed by atoms with Crippen LogP contribution < -0.4 is 10.9 Å². The summed E-state index contributed by atoms with van der Waals surface area (Å²) in [6.07, 6.45) is 0. The molecule has 0 aliphatic rings. The van der Waals surface area contributed by atoms with E-state index in [0.29, 0.717) is 11.3 Å². The third-order valence-corrected chi connectivity index (χ3v) is 3.55. The van der Waals surface area contributed by atoms with Gasteiger partial charge in [-0.15, -0.1) is 0 Å². The van der Waals surface area contributed by atoms with Crippen molar-refractivity contribution in [1.29, 1.82) is 0 Å². The fraction of sp³-hybridized carbons (Fsp3) is 0.294. The smallest absolute Gasteiger partial charge is 0.326 e. The first kappa shape index (κ1) is 18.3. The first-order valence-electron chi connectivity index (χ1n) is 7.64. The van der Waals surface area contributed by atoms with E-state index in [1.807, 2.05) is 0 Å². The highest BCUT2D eigenvalue weighted by molar-refractivity contribution is 5.83. The third kappa shape index (κ3) is 4.72. The van der Waals surface area contributed by atoms with E-state index in [4.69, 9.17) is 5.11 Å². The summed E-state index contributed by atoms with van der Waals surface area (Å²) in [5.74, 6) is -2.49. The molecule has 0 spiro atoms. The highest BCUT2D eigenvalue weighted by Gasteiger charge is 2.23. The predicted molar refractivity (Wildman–Crippen MR) is 88.3 cm³/mol. The number of aromatic nitrogens is 2. The molecule has 0 unspecified atom stereocenters. The zero-order valence-electron chi connectivity index (χ0n) is 13.8. The van der Waals surface area contributed by atoms with E-state index < -0.39 is 35.8 Å². The second-order valence-corrected chi connectivity index (χ2v) is 5.85. The van der Waals surface area contributed by atoms with Crippen LogP contribution in [0.5, 0.6) is 0 Å². The summed E-state index contributed by atoms with van der Waals surface area (Å²) in [7, 11) is 0. The average molecular weight is 347 g/mol. The molecule has 0 saturated heterocycles. The van der Waals surface area contributed by atoms with Crippen molar-refractivity contribution in [2.75, 3.05) is 0 Å². The number of amides is 1. The largest absolute Gasteiger partial charge is 0.480 e. The number of carboxylic acid groups (broad SMARTS) is 1. The lowest BCUT2D eigenvalue weighted by atomic mass is 10.1. The first-order chi connectivity index (χ1) is 11.8. The molecule has 0 aliphatic carbocycles. The molecule has 1 atom stereocenters. The molecule has 2 aromatic rings. The molecule has 132 valence electrons. The zero-order chi connectivity index (χ0) is 18.6. The summed E-state index contributed by atoms with van der Waals surface area (Å²) in [5.41, 5.74) is 0.477. The number of hydrogen-bond acceptors (Lipinski definition) is 4. The Kier molecular flexibility index (Phi) is 5.63. The van der Waals surface area contributed by atoms with Gasteiger partial charge in [-0.3, -0.25) is 9.59 Å². The van der Waals surface area contributed by atoms with Gasteiger partial charge in [0.2, 0.25) is 5.91 Å². The van der Waals surface area contributed by atoms with Crippen molar-refractivity contribution in [3.05, 3.63) is 52.6 Å². The normalized spacial score (nSPS) is 12.0. The maximum Gasteiger partial charge on any atom is 0.326 e. The summed E-state index contributed by atoms with van der Waals surface area (Å²) >= 11 is 0. The van der Waals surface area contributed by atoms with Crippen molar-refractivity contribution in [2.45, 2.75) is 26.4 Å². The number of carbonyl (C=O) groups excluding carboxylic acids is 1. The Balaban J connectivity index is 2.20. The summed E-state index contributed by atoms with van der Waals surface area (Å²) in [4.78, 5) is 35.1. The van der Waals surface area contributed by atoms with Gasteiger partial charge in [-0.25, -0.2) is 13.9 Å². The maximum atomic E-state index is 13.0. The van der Waals surface area contributed by atoms with Gasteiger partial charge in [0.05, 0.1) is 5.69 Å². The van der Waals surface area contributed by atoms with E-state index in [9.17, 15) is 18.8 Å². The van der Waals surface area contributed by atoms with Crippen LogP contribution in [-0.2, 0) is 16.1 Å². The minimum atomic E-state index is -1.15.